The predicted octanol–water partition coefficient (Wildman–Crippen LogP) is 3.54. The first-order valence-corrected chi connectivity index (χ1v) is 5.95. The summed E-state index contributed by atoms with van der Waals surface area (Å²) in [6.45, 7) is 6.58. The van der Waals surface area contributed by atoms with Crippen molar-refractivity contribution in [2.24, 2.45) is 5.92 Å². The van der Waals surface area contributed by atoms with Crippen molar-refractivity contribution in [3.63, 3.8) is 0 Å². The third-order valence-electron chi connectivity index (χ3n) is 2.23. The molecule has 1 atom stereocenters. The SMILES string of the molecule is CCOc1ccc(C(O)C(C)C)cc1Br. The molecule has 0 aliphatic heterocycles. The molecule has 0 saturated heterocycles. The molecule has 1 aromatic rings. The number of aliphatic hydroxyl groups excluding tert-OH is 1. The summed E-state index contributed by atoms with van der Waals surface area (Å²) < 4.78 is 6.29. The lowest BCUT2D eigenvalue weighted by Gasteiger charge is -2.16. The molecule has 1 aromatic carbocycles. The lowest BCUT2D eigenvalue weighted by molar-refractivity contribution is 0.127. The van der Waals surface area contributed by atoms with Crippen LogP contribution < -0.4 is 4.74 Å². The molecule has 0 bridgehead atoms. The molecule has 0 amide bonds. The number of rotatable bonds is 4. The van der Waals surface area contributed by atoms with Crippen LogP contribution in [0.1, 0.15) is 32.4 Å². The van der Waals surface area contributed by atoms with Gasteiger partial charge >= 0.3 is 0 Å². The van der Waals surface area contributed by atoms with E-state index in [0.29, 0.717) is 6.61 Å². The Bertz CT molecular complexity index is 323. The second-order valence-electron chi connectivity index (χ2n) is 3.81. The average molecular weight is 273 g/mol. The fraction of sp³-hybridized carbons (Fsp3) is 0.500. The minimum atomic E-state index is -0.419. The van der Waals surface area contributed by atoms with E-state index in [-0.39, 0.29) is 5.92 Å². The van der Waals surface area contributed by atoms with Gasteiger partial charge in [0, 0.05) is 0 Å². The smallest absolute Gasteiger partial charge is 0.133 e. The molecule has 1 unspecified atom stereocenters. The molecule has 84 valence electrons. The fourth-order valence-electron chi connectivity index (χ4n) is 1.36. The zero-order chi connectivity index (χ0) is 11.4. The summed E-state index contributed by atoms with van der Waals surface area (Å²) in [5.41, 5.74) is 0.917. The van der Waals surface area contributed by atoms with Gasteiger partial charge in [-0.05, 0) is 46.5 Å². The molecular weight excluding hydrogens is 256 g/mol. The Morgan fingerprint density at radius 1 is 1.40 bits per heavy atom. The highest BCUT2D eigenvalue weighted by Gasteiger charge is 2.13. The van der Waals surface area contributed by atoms with Crippen molar-refractivity contribution in [3.8, 4) is 5.75 Å². The molecule has 0 heterocycles. The normalized spacial score (nSPS) is 12.9. The number of aliphatic hydroxyl groups is 1. The van der Waals surface area contributed by atoms with Crippen LogP contribution in [-0.4, -0.2) is 11.7 Å². The topological polar surface area (TPSA) is 29.5 Å². The molecule has 0 saturated carbocycles. The van der Waals surface area contributed by atoms with Gasteiger partial charge in [0.25, 0.3) is 0 Å². The van der Waals surface area contributed by atoms with Gasteiger partial charge < -0.3 is 9.84 Å². The van der Waals surface area contributed by atoms with Crippen LogP contribution in [0.5, 0.6) is 5.75 Å². The van der Waals surface area contributed by atoms with Gasteiger partial charge in [-0.2, -0.15) is 0 Å². The fourth-order valence-corrected chi connectivity index (χ4v) is 1.87. The van der Waals surface area contributed by atoms with E-state index in [0.717, 1.165) is 15.8 Å². The van der Waals surface area contributed by atoms with E-state index in [2.05, 4.69) is 15.9 Å². The van der Waals surface area contributed by atoms with E-state index < -0.39 is 6.10 Å². The minimum absolute atomic E-state index is 0.217. The van der Waals surface area contributed by atoms with E-state index in [1.54, 1.807) is 0 Å². The highest BCUT2D eigenvalue weighted by molar-refractivity contribution is 9.10. The molecule has 1 N–H and O–H groups in total. The summed E-state index contributed by atoms with van der Waals surface area (Å²) in [6, 6.07) is 5.70. The summed E-state index contributed by atoms with van der Waals surface area (Å²) in [7, 11) is 0. The van der Waals surface area contributed by atoms with Gasteiger partial charge in [0.05, 0.1) is 17.2 Å². The third kappa shape index (κ3) is 3.21. The maximum absolute atomic E-state index is 9.88. The Morgan fingerprint density at radius 3 is 2.53 bits per heavy atom. The Morgan fingerprint density at radius 2 is 2.07 bits per heavy atom. The van der Waals surface area contributed by atoms with Gasteiger partial charge in [-0.15, -0.1) is 0 Å². The number of hydrogen-bond donors (Lipinski definition) is 1. The summed E-state index contributed by atoms with van der Waals surface area (Å²) in [5.74, 6) is 1.03. The molecule has 0 aliphatic carbocycles. The Kier molecular flexibility index (Phi) is 4.61. The molecule has 0 fully saturated rings. The van der Waals surface area contributed by atoms with Crippen molar-refractivity contribution in [2.45, 2.75) is 26.9 Å². The molecule has 15 heavy (non-hydrogen) atoms. The van der Waals surface area contributed by atoms with Crippen molar-refractivity contribution >= 4 is 15.9 Å². The van der Waals surface area contributed by atoms with E-state index in [1.807, 2.05) is 39.0 Å². The summed E-state index contributed by atoms with van der Waals surface area (Å²) in [6.07, 6.45) is -0.419. The molecule has 3 heteroatoms. The van der Waals surface area contributed by atoms with Crippen molar-refractivity contribution in [3.05, 3.63) is 28.2 Å². The second-order valence-corrected chi connectivity index (χ2v) is 4.67. The first kappa shape index (κ1) is 12.5. The molecule has 0 radical (unpaired) electrons. The lowest BCUT2D eigenvalue weighted by Crippen LogP contribution is -2.05. The standard InChI is InChI=1S/C12H17BrO2/c1-4-15-11-6-5-9(7-10(11)13)12(14)8(2)3/h5-8,12,14H,4H2,1-3H3. The highest BCUT2D eigenvalue weighted by atomic mass is 79.9. The van der Waals surface area contributed by atoms with Crippen LogP contribution in [0.25, 0.3) is 0 Å². The third-order valence-corrected chi connectivity index (χ3v) is 2.85. The van der Waals surface area contributed by atoms with Crippen molar-refractivity contribution in [1.82, 2.24) is 0 Å². The quantitative estimate of drug-likeness (QED) is 0.909. The van der Waals surface area contributed by atoms with E-state index >= 15 is 0 Å². The number of benzene rings is 1. The molecule has 1 rings (SSSR count). The summed E-state index contributed by atoms with van der Waals surface area (Å²) in [5, 5.41) is 9.88. The molecule has 2 nitrogen and oxygen atoms in total. The van der Waals surface area contributed by atoms with Crippen molar-refractivity contribution in [1.29, 1.82) is 0 Å². The monoisotopic (exact) mass is 272 g/mol. The predicted molar refractivity (Wildman–Crippen MR) is 65.1 cm³/mol. The van der Waals surface area contributed by atoms with Gasteiger partial charge in [0.1, 0.15) is 5.75 Å². The molecule has 0 aliphatic rings. The van der Waals surface area contributed by atoms with E-state index in [1.165, 1.54) is 0 Å². The Hall–Kier alpha value is -0.540. The van der Waals surface area contributed by atoms with Crippen LogP contribution in [0.15, 0.2) is 22.7 Å². The van der Waals surface area contributed by atoms with Gasteiger partial charge in [-0.25, -0.2) is 0 Å². The zero-order valence-corrected chi connectivity index (χ0v) is 10.9. The van der Waals surface area contributed by atoms with Crippen LogP contribution in [0.4, 0.5) is 0 Å². The molecule has 0 aromatic heterocycles. The Labute approximate surface area is 99.4 Å². The minimum Gasteiger partial charge on any atom is -0.493 e. The average Bonchev–Trinajstić information content (AvgIpc) is 2.20. The summed E-state index contributed by atoms with van der Waals surface area (Å²) >= 11 is 3.43. The van der Waals surface area contributed by atoms with Gasteiger partial charge in [-0.1, -0.05) is 19.9 Å². The summed E-state index contributed by atoms with van der Waals surface area (Å²) in [4.78, 5) is 0. The van der Waals surface area contributed by atoms with E-state index in [9.17, 15) is 5.11 Å². The number of hydrogen-bond acceptors (Lipinski definition) is 2. The first-order valence-electron chi connectivity index (χ1n) is 5.16. The molecule has 0 spiro atoms. The highest BCUT2D eigenvalue weighted by Crippen LogP contribution is 2.30. The maximum atomic E-state index is 9.88. The maximum Gasteiger partial charge on any atom is 0.133 e. The van der Waals surface area contributed by atoms with Gasteiger partial charge in [-0.3, -0.25) is 0 Å². The molecular formula is C12H17BrO2. The van der Waals surface area contributed by atoms with Crippen molar-refractivity contribution in [2.75, 3.05) is 6.61 Å². The van der Waals surface area contributed by atoms with Crippen molar-refractivity contribution < 1.29 is 9.84 Å². The van der Waals surface area contributed by atoms with Gasteiger partial charge in [0.2, 0.25) is 0 Å². The number of ether oxygens (including phenoxy) is 1. The lowest BCUT2D eigenvalue weighted by atomic mass is 9.99. The van der Waals surface area contributed by atoms with E-state index in [4.69, 9.17) is 4.74 Å². The number of halogens is 1. The first-order chi connectivity index (χ1) is 7.06. The van der Waals surface area contributed by atoms with Crippen LogP contribution in [-0.2, 0) is 0 Å². The van der Waals surface area contributed by atoms with Gasteiger partial charge in [0.15, 0.2) is 0 Å². The zero-order valence-electron chi connectivity index (χ0n) is 9.33. The van der Waals surface area contributed by atoms with Crippen LogP contribution in [0.2, 0.25) is 0 Å². The largest absolute Gasteiger partial charge is 0.493 e. The van der Waals surface area contributed by atoms with Crippen LogP contribution in [0, 0.1) is 5.92 Å². The van der Waals surface area contributed by atoms with Crippen LogP contribution >= 0.6 is 15.9 Å². The van der Waals surface area contributed by atoms with Crippen LogP contribution in [0.3, 0.4) is 0 Å². The Balaban J connectivity index is 2.90. The second kappa shape index (κ2) is 5.52.